The van der Waals surface area contributed by atoms with E-state index in [0.29, 0.717) is 16.8 Å². The Bertz CT molecular complexity index is 520. The molecule has 21 heavy (non-hydrogen) atoms. The maximum atomic E-state index is 13.6. The first kappa shape index (κ1) is 17.6. The van der Waals surface area contributed by atoms with Crippen LogP contribution in [-0.2, 0) is 4.79 Å². The molecule has 1 unspecified atom stereocenters. The molecule has 1 amide bonds. The van der Waals surface area contributed by atoms with E-state index < -0.39 is 17.7 Å². The molecule has 1 atom stereocenters. The summed E-state index contributed by atoms with van der Waals surface area (Å²) in [7, 11) is 0. The summed E-state index contributed by atoms with van der Waals surface area (Å²) in [5.74, 6) is -1.87. The minimum atomic E-state index is -0.900. The third-order valence-corrected chi connectivity index (χ3v) is 3.49. The van der Waals surface area contributed by atoms with Crippen molar-refractivity contribution in [3.05, 3.63) is 34.1 Å². The number of aliphatic carboxylic acids is 1. The molecule has 0 heterocycles. The van der Waals surface area contributed by atoms with Crippen LogP contribution in [0.1, 0.15) is 37.0 Å². The lowest BCUT2D eigenvalue weighted by molar-refractivity contribution is -0.138. The Labute approximate surface area is 131 Å². The van der Waals surface area contributed by atoms with Crippen LogP contribution in [0.25, 0.3) is 0 Å². The van der Waals surface area contributed by atoms with Crippen LogP contribution in [0.3, 0.4) is 0 Å². The molecular weight excluding hydrogens is 341 g/mol. The van der Waals surface area contributed by atoms with Crippen molar-refractivity contribution < 1.29 is 19.1 Å². The summed E-state index contributed by atoms with van der Waals surface area (Å²) in [5.41, 5.74) is -0.0528. The molecule has 0 fully saturated rings. The van der Waals surface area contributed by atoms with Crippen LogP contribution in [0.4, 0.5) is 4.39 Å². The molecule has 1 aromatic carbocycles. The highest BCUT2D eigenvalue weighted by Gasteiger charge is 2.18. The summed E-state index contributed by atoms with van der Waals surface area (Å²) < 4.78 is 14.2. The molecule has 0 aliphatic rings. The smallest absolute Gasteiger partial charge is 0.303 e. The van der Waals surface area contributed by atoms with Gasteiger partial charge in [-0.1, -0.05) is 29.8 Å². The number of carboxylic acids is 1. The lowest BCUT2D eigenvalue weighted by atomic mass is 9.94. The van der Waals surface area contributed by atoms with Crippen LogP contribution in [0, 0.1) is 17.7 Å². The van der Waals surface area contributed by atoms with E-state index >= 15 is 0 Å². The second-order valence-corrected chi connectivity index (χ2v) is 6.34. The van der Waals surface area contributed by atoms with E-state index in [4.69, 9.17) is 5.11 Å². The molecule has 0 aliphatic heterocycles. The minimum Gasteiger partial charge on any atom is -0.481 e. The van der Waals surface area contributed by atoms with Gasteiger partial charge in [0, 0.05) is 17.4 Å². The number of nitrogens with one attached hydrogen (secondary N) is 1. The molecule has 0 radical (unpaired) electrons. The topological polar surface area (TPSA) is 66.4 Å². The number of amides is 1. The van der Waals surface area contributed by atoms with Gasteiger partial charge in [0.1, 0.15) is 5.82 Å². The van der Waals surface area contributed by atoms with Crippen LogP contribution in [0.2, 0.25) is 0 Å². The van der Waals surface area contributed by atoms with Gasteiger partial charge < -0.3 is 10.4 Å². The fourth-order valence-electron chi connectivity index (χ4n) is 2.16. The summed E-state index contributed by atoms with van der Waals surface area (Å²) in [4.78, 5) is 22.8. The van der Waals surface area contributed by atoms with Crippen LogP contribution in [0.5, 0.6) is 0 Å². The zero-order chi connectivity index (χ0) is 16.0. The summed E-state index contributed by atoms with van der Waals surface area (Å²) in [6, 6.07) is 4.12. The third-order valence-electron chi connectivity index (χ3n) is 2.99. The Balaban J connectivity index is 2.68. The van der Waals surface area contributed by atoms with E-state index in [1.165, 1.54) is 18.2 Å². The zero-order valence-corrected chi connectivity index (χ0v) is 13.6. The molecule has 6 heteroatoms. The van der Waals surface area contributed by atoms with E-state index in [0.717, 1.165) is 0 Å². The molecule has 4 nitrogen and oxygen atoms in total. The monoisotopic (exact) mass is 359 g/mol. The van der Waals surface area contributed by atoms with E-state index in [1.807, 2.05) is 13.8 Å². The quantitative estimate of drug-likeness (QED) is 0.783. The summed E-state index contributed by atoms with van der Waals surface area (Å²) in [5, 5.41) is 11.5. The SMILES string of the molecule is CC(C)CC(CNC(=O)c1cc(Br)ccc1F)CC(=O)O. The van der Waals surface area contributed by atoms with Gasteiger partial charge in [-0.3, -0.25) is 9.59 Å². The summed E-state index contributed by atoms with van der Waals surface area (Å²) in [6.45, 7) is 4.20. The van der Waals surface area contributed by atoms with E-state index in [-0.39, 0.29) is 24.4 Å². The first-order valence-corrected chi connectivity index (χ1v) is 7.54. The first-order chi connectivity index (χ1) is 9.79. The Morgan fingerprint density at radius 3 is 2.62 bits per heavy atom. The Morgan fingerprint density at radius 2 is 2.05 bits per heavy atom. The second kappa shape index (κ2) is 8.12. The molecule has 0 bridgehead atoms. The average molecular weight is 360 g/mol. The molecule has 1 rings (SSSR count). The number of carbonyl (C=O) groups is 2. The van der Waals surface area contributed by atoms with Gasteiger partial charge >= 0.3 is 5.97 Å². The van der Waals surface area contributed by atoms with Gasteiger partial charge in [-0.2, -0.15) is 0 Å². The first-order valence-electron chi connectivity index (χ1n) is 6.74. The molecule has 0 aliphatic carbocycles. The normalized spacial score (nSPS) is 12.2. The van der Waals surface area contributed by atoms with Gasteiger partial charge in [-0.05, 0) is 36.5 Å². The Morgan fingerprint density at radius 1 is 1.38 bits per heavy atom. The fraction of sp³-hybridized carbons (Fsp3) is 0.467. The number of benzene rings is 1. The largest absolute Gasteiger partial charge is 0.481 e. The van der Waals surface area contributed by atoms with Crippen molar-refractivity contribution in [2.75, 3.05) is 6.54 Å². The van der Waals surface area contributed by atoms with Crippen molar-refractivity contribution in [3.8, 4) is 0 Å². The number of hydrogen-bond acceptors (Lipinski definition) is 2. The van der Waals surface area contributed by atoms with Gasteiger partial charge in [0.15, 0.2) is 0 Å². The molecular formula is C15H19BrFNO3. The highest BCUT2D eigenvalue weighted by molar-refractivity contribution is 9.10. The maximum Gasteiger partial charge on any atom is 0.303 e. The third kappa shape index (κ3) is 6.25. The molecule has 0 aromatic heterocycles. The van der Waals surface area contributed by atoms with E-state index in [9.17, 15) is 14.0 Å². The average Bonchev–Trinajstić information content (AvgIpc) is 2.37. The standard InChI is InChI=1S/C15H19BrFNO3/c1-9(2)5-10(6-14(19)20)8-18-15(21)12-7-11(16)3-4-13(12)17/h3-4,7,9-10H,5-6,8H2,1-2H3,(H,18,21)(H,19,20). The second-order valence-electron chi connectivity index (χ2n) is 5.43. The van der Waals surface area contributed by atoms with E-state index in [1.54, 1.807) is 0 Å². The maximum absolute atomic E-state index is 13.6. The van der Waals surface area contributed by atoms with Crippen molar-refractivity contribution in [2.45, 2.75) is 26.7 Å². The number of carbonyl (C=O) groups excluding carboxylic acids is 1. The predicted octanol–water partition coefficient (Wildman–Crippen LogP) is 3.46. The van der Waals surface area contributed by atoms with Crippen LogP contribution in [0.15, 0.2) is 22.7 Å². The van der Waals surface area contributed by atoms with E-state index in [2.05, 4.69) is 21.2 Å². The lowest BCUT2D eigenvalue weighted by Crippen LogP contribution is -2.31. The minimum absolute atomic E-state index is 0.0145. The molecule has 0 saturated carbocycles. The van der Waals surface area contributed by atoms with Crippen molar-refractivity contribution >= 4 is 27.8 Å². The highest BCUT2D eigenvalue weighted by atomic mass is 79.9. The Hall–Kier alpha value is -1.43. The molecule has 0 saturated heterocycles. The zero-order valence-electron chi connectivity index (χ0n) is 12.0. The number of hydrogen-bond donors (Lipinski definition) is 2. The van der Waals surface area contributed by atoms with Crippen molar-refractivity contribution in [1.82, 2.24) is 5.32 Å². The molecule has 0 spiro atoms. The summed E-state index contributed by atoms with van der Waals surface area (Å²) >= 11 is 3.19. The van der Waals surface area contributed by atoms with Gasteiger partial charge in [-0.25, -0.2) is 4.39 Å². The van der Waals surface area contributed by atoms with Gasteiger partial charge in [0.25, 0.3) is 5.91 Å². The fourth-order valence-corrected chi connectivity index (χ4v) is 2.52. The van der Waals surface area contributed by atoms with Gasteiger partial charge in [0.05, 0.1) is 5.56 Å². The number of halogens is 2. The van der Waals surface area contributed by atoms with Crippen molar-refractivity contribution in [1.29, 1.82) is 0 Å². The summed E-state index contributed by atoms with van der Waals surface area (Å²) in [6.07, 6.45) is 0.674. The lowest BCUT2D eigenvalue weighted by Gasteiger charge is -2.18. The molecule has 2 N–H and O–H groups in total. The van der Waals surface area contributed by atoms with Gasteiger partial charge in [-0.15, -0.1) is 0 Å². The predicted molar refractivity (Wildman–Crippen MR) is 81.6 cm³/mol. The van der Waals surface area contributed by atoms with Crippen LogP contribution < -0.4 is 5.32 Å². The molecule has 116 valence electrons. The van der Waals surface area contributed by atoms with Gasteiger partial charge in [0.2, 0.25) is 0 Å². The Kier molecular flexibility index (Phi) is 6.81. The number of carboxylic acid groups (broad SMARTS) is 1. The molecule has 1 aromatic rings. The number of rotatable bonds is 7. The van der Waals surface area contributed by atoms with Crippen LogP contribution >= 0.6 is 15.9 Å². The van der Waals surface area contributed by atoms with Crippen molar-refractivity contribution in [3.63, 3.8) is 0 Å². The van der Waals surface area contributed by atoms with Crippen molar-refractivity contribution in [2.24, 2.45) is 11.8 Å². The van der Waals surface area contributed by atoms with Crippen LogP contribution in [-0.4, -0.2) is 23.5 Å². The highest BCUT2D eigenvalue weighted by Crippen LogP contribution is 2.17.